The Morgan fingerprint density at radius 2 is 1.97 bits per heavy atom. The number of nitrogens with one attached hydrogen (secondary N) is 3. The summed E-state index contributed by atoms with van der Waals surface area (Å²) in [6.07, 6.45) is 0.858. The van der Waals surface area contributed by atoms with Gasteiger partial charge in [0.25, 0.3) is 11.8 Å². The molecule has 4 heterocycles. The minimum atomic E-state index is -0.327. The SMILES string of the molecule is C.CN1CCc2nc(C(=O)N[C@@H]3COC[C@H]3NC(=O)c3cc4cc(Cl)ccc4[nH]3)sc2C1. The zero-order chi connectivity index (χ0) is 21.5. The van der Waals surface area contributed by atoms with Gasteiger partial charge in [-0.05, 0) is 31.3 Å². The van der Waals surface area contributed by atoms with Gasteiger partial charge in [0.05, 0.1) is 31.0 Å². The lowest BCUT2D eigenvalue weighted by atomic mass is 10.1. The van der Waals surface area contributed by atoms with Gasteiger partial charge in [-0.1, -0.05) is 19.0 Å². The number of likely N-dealkylation sites (N-methyl/N-ethyl adjacent to an activating group) is 1. The zero-order valence-electron chi connectivity index (χ0n) is 16.9. The molecule has 0 radical (unpaired) electrons. The van der Waals surface area contributed by atoms with Crippen molar-refractivity contribution in [1.82, 2.24) is 25.5 Å². The van der Waals surface area contributed by atoms with Crippen LogP contribution in [0, 0.1) is 0 Å². The maximum atomic E-state index is 12.8. The van der Waals surface area contributed by atoms with Crippen LogP contribution in [-0.2, 0) is 17.7 Å². The highest BCUT2D eigenvalue weighted by Gasteiger charge is 2.32. The largest absolute Gasteiger partial charge is 0.377 e. The van der Waals surface area contributed by atoms with Crippen LogP contribution in [0.1, 0.15) is 38.3 Å². The Morgan fingerprint density at radius 1 is 1.22 bits per heavy atom. The summed E-state index contributed by atoms with van der Waals surface area (Å²) in [6.45, 7) is 2.44. The number of carbonyl (C=O) groups is 2. The van der Waals surface area contributed by atoms with Gasteiger partial charge in [-0.2, -0.15) is 0 Å². The fraction of sp³-hybridized carbons (Fsp3) is 0.409. The number of nitrogens with zero attached hydrogens (tertiary/aromatic N) is 2. The van der Waals surface area contributed by atoms with E-state index in [-0.39, 0.29) is 31.3 Å². The van der Waals surface area contributed by atoms with Crippen LogP contribution in [0.3, 0.4) is 0 Å². The molecule has 8 nitrogen and oxygen atoms in total. The first-order valence-electron chi connectivity index (χ1n) is 10.1. The highest BCUT2D eigenvalue weighted by Crippen LogP contribution is 2.25. The van der Waals surface area contributed by atoms with E-state index >= 15 is 0 Å². The molecule has 0 aliphatic carbocycles. The summed E-state index contributed by atoms with van der Waals surface area (Å²) in [4.78, 5) is 36.5. The standard InChI is InChI=1S/C21H22ClN5O3S.CH4/c1-27-5-4-14-18(8-27)31-21(26-14)20(29)25-17-10-30-9-16(17)24-19(28)15-7-11-6-12(22)2-3-13(11)23-15;/h2-3,6-7,16-17,23H,4-5,8-10H2,1H3,(H,24,28)(H,25,29);1H4/t16-,17-;/m1./s1. The fourth-order valence-corrected chi connectivity index (χ4v) is 5.23. The van der Waals surface area contributed by atoms with E-state index < -0.39 is 0 Å². The van der Waals surface area contributed by atoms with Crippen LogP contribution < -0.4 is 10.6 Å². The topological polar surface area (TPSA) is 99.3 Å². The molecule has 0 saturated carbocycles. The predicted molar refractivity (Wildman–Crippen MR) is 126 cm³/mol. The lowest BCUT2D eigenvalue weighted by Gasteiger charge is -2.20. The number of aromatic nitrogens is 2. The van der Waals surface area contributed by atoms with Crippen molar-refractivity contribution in [1.29, 1.82) is 0 Å². The van der Waals surface area contributed by atoms with Crippen LogP contribution in [-0.4, -0.2) is 65.6 Å². The van der Waals surface area contributed by atoms with Gasteiger partial charge in [0.1, 0.15) is 5.69 Å². The second kappa shape index (κ2) is 9.19. The Labute approximate surface area is 195 Å². The molecule has 2 aliphatic rings. The van der Waals surface area contributed by atoms with E-state index in [0.29, 0.717) is 28.9 Å². The van der Waals surface area contributed by atoms with E-state index in [1.54, 1.807) is 18.2 Å². The van der Waals surface area contributed by atoms with Crippen LogP contribution in [0.25, 0.3) is 10.9 Å². The number of aromatic amines is 1. The fourth-order valence-electron chi connectivity index (χ4n) is 3.96. The summed E-state index contributed by atoms with van der Waals surface area (Å²) in [7, 11) is 2.06. The van der Waals surface area contributed by atoms with Crippen molar-refractivity contribution in [3.05, 3.63) is 50.6 Å². The maximum absolute atomic E-state index is 12.8. The number of H-pyrrole nitrogens is 1. The highest BCUT2D eigenvalue weighted by atomic mass is 35.5. The van der Waals surface area contributed by atoms with Crippen molar-refractivity contribution < 1.29 is 14.3 Å². The summed E-state index contributed by atoms with van der Waals surface area (Å²) in [6, 6.07) is 6.52. The molecule has 32 heavy (non-hydrogen) atoms. The molecule has 1 fully saturated rings. The van der Waals surface area contributed by atoms with E-state index in [1.807, 2.05) is 6.07 Å². The smallest absolute Gasteiger partial charge is 0.280 e. The highest BCUT2D eigenvalue weighted by molar-refractivity contribution is 7.13. The number of hydrogen-bond acceptors (Lipinski definition) is 6. The molecule has 2 atom stereocenters. The first-order valence-corrected chi connectivity index (χ1v) is 11.3. The molecule has 10 heteroatoms. The number of carbonyl (C=O) groups excluding carboxylic acids is 2. The quantitative estimate of drug-likeness (QED) is 0.539. The number of amides is 2. The number of ether oxygens (including phenoxy) is 1. The Morgan fingerprint density at radius 3 is 2.75 bits per heavy atom. The number of fused-ring (bicyclic) bond motifs is 2. The number of halogens is 1. The lowest BCUT2D eigenvalue weighted by Crippen LogP contribution is -2.51. The van der Waals surface area contributed by atoms with Gasteiger partial charge < -0.3 is 25.3 Å². The second-order valence-electron chi connectivity index (χ2n) is 7.99. The minimum Gasteiger partial charge on any atom is -0.377 e. The monoisotopic (exact) mass is 475 g/mol. The molecular weight excluding hydrogens is 450 g/mol. The van der Waals surface area contributed by atoms with Crippen molar-refractivity contribution >= 4 is 45.7 Å². The third-order valence-electron chi connectivity index (χ3n) is 5.66. The van der Waals surface area contributed by atoms with Crippen LogP contribution in [0.5, 0.6) is 0 Å². The molecule has 1 saturated heterocycles. The van der Waals surface area contributed by atoms with Crippen molar-refractivity contribution in [2.24, 2.45) is 0 Å². The third kappa shape index (κ3) is 4.52. The van der Waals surface area contributed by atoms with Crippen molar-refractivity contribution in [2.75, 3.05) is 26.8 Å². The van der Waals surface area contributed by atoms with E-state index in [1.165, 1.54) is 11.3 Å². The molecule has 0 bridgehead atoms. The minimum absolute atomic E-state index is 0. The molecule has 3 aromatic rings. The molecular formula is C22H26ClN5O3S. The van der Waals surface area contributed by atoms with Gasteiger partial charge in [0, 0.05) is 40.3 Å². The molecule has 170 valence electrons. The number of rotatable bonds is 4. The molecule has 2 aliphatic heterocycles. The Kier molecular flexibility index (Phi) is 6.52. The van der Waals surface area contributed by atoms with Gasteiger partial charge in [-0.3, -0.25) is 9.59 Å². The third-order valence-corrected chi connectivity index (χ3v) is 6.97. The zero-order valence-corrected chi connectivity index (χ0v) is 18.5. The molecule has 2 amide bonds. The Hall–Kier alpha value is -2.46. The average Bonchev–Trinajstić information content (AvgIpc) is 3.45. The van der Waals surface area contributed by atoms with Gasteiger partial charge in [-0.25, -0.2) is 4.98 Å². The normalized spacial score (nSPS) is 20.6. The first kappa shape index (κ1) is 22.7. The van der Waals surface area contributed by atoms with Gasteiger partial charge in [-0.15, -0.1) is 11.3 Å². The number of hydrogen-bond donors (Lipinski definition) is 3. The van der Waals surface area contributed by atoms with Gasteiger partial charge >= 0.3 is 0 Å². The summed E-state index contributed by atoms with van der Waals surface area (Å²) < 4.78 is 5.53. The van der Waals surface area contributed by atoms with E-state index in [0.717, 1.165) is 41.0 Å². The van der Waals surface area contributed by atoms with Gasteiger partial charge in [0.15, 0.2) is 5.01 Å². The first-order chi connectivity index (χ1) is 15.0. The van der Waals surface area contributed by atoms with Crippen molar-refractivity contribution in [2.45, 2.75) is 32.5 Å². The van der Waals surface area contributed by atoms with Crippen molar-refractivity contribution in [3.8, 4) is 0 Å². The Bertz CT molecular complexity index is 1160. The van der Waals surface area contributed by atoms with Crippen molar-refractivity contribution in [3.63, 3.8) is 0 Å². The molecule has 3 N–H and O–H groups in total. The summed E-state index contributed by atoms with van der Waals surface area (Å²) >= 11 is 7.46. The molecule has 2 aromatic heterocycles. The Balaban J connectivity index is 0.00000245. The summed E-state index contributed by atoms with van der Waals surface area (Å²) in [5.74, 6) is -0.480. The lowest BCUT2D eigenvalue weighted by molar-refractivity contribution is 0.0894. The predicted octanol–water partition coefficient (Wildman–Crippen LogP) is 2.83. The van der Waals surface area contributed by atoms with Crippen LogP contribution in [0.2, 0.25) is 5.02 Å². The molecule has 0 unspecified atom stereocenters. The number of benzene rings is 1. The van der Waals surface area contributed by atoms with E-state index in [4.69, 9.17) is 16.3 Å². The number of thiazole rings is 1. The maximum Gasteiger partial charge on any atom is 0.280 e. The van der Waals surface area contributed by atoms with Gasteiger partial charge in [0.2, 0.25) is 0 Å². The molecule has 1 aromatic carbocycles. The van der Waals surface area contributed by atoms with E-state index in [2.05, 4.69) is 32.5 Å². The summed E-state index contributed by atoms with van der Waals surface area (Å²) in [5, 5.41) is 7.89. The average molecular weight is 476 g/mol. The van der Waals surface area contributed by atoms with Crippen LogP contribution in [0.4, 0.5) is 0 Å². The van der Waals surface area contributed by atoms with E-state index in [9.17, 15) is 9.59 Å². The summed E-state index contributed by atoms with van der Waals surface area (Å²) in [5.41, 5.74) is 2.28. The van der Waals surface area contributed by atoms with Crippen LogP contribution in [0.15, 0.2) is 24.3 Å². The molecule has 5 rings (SSSR count). The molecule has 0 spiro atoms. The van der Waals surface area contributed by atoms with Crippen LogP contribution >= 0.6 is 22.9 Å². The second-order valence-corrected chi connectivity index (χ2v) is 9.51.